The average molecular weight is 393 g/mol. The van der Waals surface area contributed by atoms with E-state index in [0.29, 0.717) is 0 Å². The first kappa shape index (κ1) is 19.8. The predicted molar refractivity (Wildman–Crippen MR) is 117 cm³/mol. The minimum atomic E-state index is -0.104. The van der Waals surface area contributed by atoms with Crippen LogP contribution in [-0.2, 0) is 18.5 Å². The number of nitrogens with zero attached hydrogens (tertiary/aromatic N) is 5. The molecule has 0 radical (unpaired) electrons. The Kier molecular flexibility index (Phi) is 5.54. The highest BCUT2D eigenvalue weighted by Gasteiger charge is 2.21. The second-order valence-electron chi connectivity index (χ2n) is 9.39. The molecule has 0 amide bonds. The summed E-state index contributed by atoms with van der Waals surface area (Å²) >= 11 is 0. The molecule has 0 aliphatic carbocycles. The molecule has 0 atom stereocenters. The van der Waals surface area contributed by atoms with Gasteiger partial charge in [0.05, 0.1) is 0 Å². The minimum Gasteiger partial charge on any atom is -0.365 e. The van der Waals surface area contributed by atoms with E-state index in [4.69, 9.17) is 5.10 Å². The fraction of sp³-hybridized carbons (Fsp3) is 0.522. The molecule has 1 aliphatic heterocycles. The van der Waals surface area contributed by atoms with E-state index in [9.17, 15) is 0 Å². The molecule has 1 N–H and O–H groups in total. The van der Waals surface area contributed by atoms with Crippen molar-refractivity contribution >= 4 is 11.5 Å². The third kappa shape index (κ3) is 4.75. The van der Waals surface area contributed by atoms with Gasteiger partial charge in [0.2, 0.25) is 0 Å². The molecule has 154 valence electrons. The Morgan fingerprint density at radius 2 is 1.66 bits per heavy atom. The summed E-state index contributed by atoms with van der Waals surface area (Å²) in [7, 11) is 0. The summed E-state index contributed by atoms with van der Waals surface area (Å²) in [6.45, 7) is 13.0. The third-order valence-corrected chi connectivity index (χ3v) is 5.71. The van der Waals surface area contributed by atoms with Crippen molar-refractivity contribution in [2.24, 2.45) is 5.92 Å². The summed E-state index contributed by atoms with van der Waals surface area (Å²) in [6, 6.07) is 12.9. The molecule has 1 fully saturated rings. The standard InChI is InChI=1S/C23H32N6/c1-17-11-13-28(14-12-17)16-19-7-5-18(6-8-19)15-24-20-9-10-21-25-26-22(23(2,3)4)29(21)27-20/h5-10,17H,11-16H2,1-4H3,(H,24,27). The van der Waals surface area contributed by atoms with Gasteiger partial charge in [0.25, 0.3) is 0 Å². The highest BCUT2D eigenvalue weighted by molar-refractivity contribution is 5.45. The van der Waals surface area contributed by atoms with Gasteiger partial charge in [0.1, 0.15) is 5.82 Å². The van der Waals surface area contributed by atoms with Crippen LogP contribution < -0.4 is 5.32 Å². The largest absolute Gasteiger partial charge is 0.365 e. The molecule has 1 aromatic carbocycles. The van der Waals surface area contributed by atoms with Gasteiger partial charge in [-0.25, -0.2) is 0 Å². The van der Waals surface area contributed by atoms with Crippen LogP contribution in [0.5, 0.6) is 0 Å². The van der Waals surface area contributed by atoms with E-state index in [2.05, 4.69) is 72.4 Å². The smallest absolute Gasteiger partial charge is 0.178 e. The van der Waals surface area contributed by atoms with Gasteiger partial charge in [-0.05, 0) is 55.1 Å². The van der Waals surface area contributed by atoms with E-state index in [0.717, 1.165) is 36.3 Å². The number of piperidine rings is 1. The molecular weight excluding hydrogens is 360 g/mol. The maximum absolute atomic E-state index is 4.69. The molecule has 0 bridgehead atoms. The van der Waals surface area contributed by atoms with Gasteiger partial charge in [0.15, 0.2) is 11.5 Å². The molecule has 6 heteroatoms. The summed E-state index contributed by atoms with van der Waals surface area (Å²) in [4.78, 5) is 2.57. The normalized spacial score (nSPS) is 16.4. The molecule has 3 aromatic rings. The van der Waals surface area contributed by atoms with E-state index in [1.54, 1.807) is 0 Å². The highest BCUT2D eigenvalue weighted by Crippen LogP contribution is 2.21. The van der Waals surface area contributed by atoms with Crippen LogP contribution in [0.1, 0.15) is 57.5 Å². The lowest BCUT2D eigenvalue weighted by Crippen LogP contribution is -2.32. The molecule has 3 heterocycles. The van der Waals surface area contributed by atoms with Crippen LogP contribution in [0.3, 0.4) is 0 Å². The highest BCUT2D eigenvalue weighted by atomic mass is 15.4. The number of fused-ring (bicyclic) bond motifs is 1. The van der Waals surface area contributed by atoms with Crippen LogP contribution in [0.4, 0.5) is 5.82 Å². The van der Waals surface area contributed by atoms with Crippen LogP contribution in [0.25, 0.3) is 5.65 Å². The fourth-order valence-corrected chi connectivity index (χ4v) is 3.78. The molecule has 0 unspecified atom stereocenters. The number of benzene rings is 1. The average Bonchev–Trinajstić information content (AvgIpc) is 3.13. The number of likely N-dealkylation sites (tertiary alicyclic amines) is 1. The zero-order valence-corrected chi connectivity index (χ0v) is 18.0. The molecule has 0 spiro atoms. The van der Waals surface area contributed by atoms with Crippen LogP contribution in [0.15, 0.2) is 36.4 Å². The van der Waals surface area contributed by atoms with Crippen molar-refractivity contribution in [3.63, 3.8) is 0 Å². The van der Waals surface area contributed by atoms with E-state index in [1.165, 1.54) is 37.1 Å². The molecule has 1 aliphatic rings. The van der Waals surface area contributed by atoms with Gasteiger partial charge in [-0.1, -0.05) is 52.0 Å². The number of hydrogen-bond donors (Lipinski definition) is 1. The maximum atomic E-state index is 4.69. The second-order valence-corrected chi connectivity index (χ2v) is 9.39. The maximum Gasteiger partial charge on any atom is 0.178 e. The van der Waals surface area contributed by atoms with Crippen molar-refractivity contribution in [2.75, 3.05) is 18.4 Å². The monoisotopic (exact) mass is 392 g/mol. The Bertz CT molecular complexity index is 946. The predicted octanol–water partition coefficient (Wildman–Crippen LogP) is 4.27. The molecule has 29 heavy (non-hydrogen) atoms. The number of anilines is 1. The Labute approximate surface area is 173 Å². The number of aromatic nitrogens is 4. The Morgan fingerprint density at radius 1 is 0.966 bits per heavy atom. The van der Waals surface area contributed by atoms with Gasteiger partial charge in [-0.15, -0.1) is 15.3 Å². The SMILES string of the molecule is CC1CCN(Cc2ccc(CNc3ccc4nnc(C(C)(C)C)n4n3)cc2)CC1. The third-order valence-electron chi connectivity index (χ3n) is 5.71. The Morgan fingerprint density at radius 3 is 2.34 bits per heavy atom. The van der Waals surface area contributed by atoms with E-state index >= 15 is 0 Å². The van der Waals surface area contributed by atoms with Crippen molar-refractivity contribution in [2.45, 2.75) is 59.0 Å². The van der Waals surface area contributed by atoms with Crippen molar-refractivity contribution in [3.8, 4) is 0 Å². The first-order valence-electron chi connectivity index (χ1n) is 10.7. The summed E-state index contributed by atoms with van der Waals surface area (Å²) < 4.78 is 1.84. The van der Waals surface area contributed by atoms with Gasteiger partial charge in [-0.3, -0.25) is 4.90 Å². The van der Waals surface area contributed by atoms with E-state index in [-0.39, 0.29) is 5.41 Å². The fourth-order valence-electron chi connectivity index (χ4n) is 3.78. The van der Waals surface area contributed by atoms with E-state index < -0.39 is 0 Å². The van der Waals surface area contributed by atoms with Crippen LogP contribution in [-0.4, -0.2) is 37.8 Å². The minimum absolute atomic E-state index is 0.104. The van der Waals surface area contributed by atoms with Crippen molar-refractivity contribution in [1.82, 2.24) is 24.7 Å². The molecule has 0 saturated carbocycles. The zero-order chi connectivity index (χ0) is 20.4. The second kappa shape index (κ2) is 8.11. The molecular formula is C23H32N6. The summed E-state index contributed by atoms with van der Waals surface area (Å²) in [5, 5.41) is 16.7. The molecule has 2 aromatic heterocycles. The van der Waals surface area contributed by atoms with Gasteiger partial charge >= 0.3 is 0 Å². The van der Waals surface area contributed by atoms with Gasteiger partial charge < -0.3 is 5.32 Å². The lowest BCUT2D eigenvalue weighted by Gasteiger charge is -2.30. The summed E-state index contributed by atoms with van der Waals surface area (Å²) in [5.41, 5.74) is 3.31. The lowest BCUT2D eigenvalue weighted by atomic mass is 9.96. The van der Waals surface area contributed by atoms with Gasteiger partial charge in [-0.2, -0.15) is 4.52 Å². The quantitative estimate of drug-likeness (QED) is 0.703. The van der Waals surface area contributed by atoms with Crippen LogP contribution >= 0.6 is 0 Å². The van der Waals surface area contributed by atoms with Crippen molar-refractivity contribution in [3.05, 3.63) is 53.3 Å². The van der Waals surface area contributed by atoms with Crippen LogP contribution in [0.2, 0.25) is 0 Å². The molecule has 1 saturated heterocycles. The van der Waals surface area contributed by atoms with Crippen molar-refractivity contribution < 1.29 is 0 Å². The van der Waals surface area contributed by atoms with Gasteiger partial charge in [0, 0.05) is 18.5 Å². The first-order chi connectivity index (χ1) is 13.9. The summed E-state index contributed by atoms with van der Waals surface area (Å²) in [5.74, 6) is 2.58. The summed E-state index contributed by atoms with van der Waals surface area (Å²) in [6.07, 6.45) is 2.64. The molecule has 4 rings (SSSR count). The zero-order valence-electron chi connectivity index (χ0n) is 18.0. The van der Waals surface area contributed by atoms with Crippen molar-refractivity contribution in [1.29, 1.82) is 0 Å². The topological polar surface area (TPSA) is 58.3 Å². The number of nitrogens with one attached hydrogen (secondary N) is 1. The Balaban J connectivity index is 1.37. The first-order valence-corrected chi connectivity index (χ1v) is 10.7. The Hall–Kier alpha value is -2.47. The van der Waals surface area contributed by atoms with E-state index in [1.807, 2.05) is 16.6 Å². The van der Waals surface area contributed by atoms with Crippen LogP contribution in [0, 0.1) is 5.92 Å². The number of hydrogen-bond acceptors (Lipinski definition) is 5. The number of rotatable bonds is 5. The lowest BCUT2D eigenvalue weighted by molar-refractivity contribution is 0.185. The molecule has 6 nitrogen and oxygen atoms in total.